The average Bonchev–Trinajstić information content (AvgIpc) is 3.17. The van der Waals surface area contributed by atoms with E-state index in [1.54, 1.807) is 12.1 Å². The molecule has 2 heterocycles. The number of aromatic amines is 1. The van der Waals surface area contributed by atoms with Crippen LogP contribution in [-0.2, 0) is 6.18 Å². The monoisotopic (exact) mass is 442 g/mol. The van der Waals surface area contributed by atoms with Crippen molar-refractivity contribution < 1.29 is 22.0 Å². The topological polar surface area (TPSA) is 63.0 Å². The Kier molecular flexibility index (Phi) is 4.33. The number of fused-ring (bicyclic) bond motifs is 2. The molecule has 0 atom stereocenters. The summed E-state index contributed by atoms with van der Waals surface area (Å²) in [6.07, 6.45) is -4.44. The number of H-pyrrole nitrogens is 1. The van der Waals surface area contributed by atoms with Crippen LogP contribution in [0.5, 0.6) is 0 Å². The molecule has 32 heavy (non-hydrogen) atoms. The van der Waals surface area contributed by atoms with E-state index in [2.05, 4.69) is 15.1 Å². The molecule has 5 nitrogen and oxygen atoms in total. The predicted molar refractivity (Wildman–Crippen MR) is 107 cm³/mol. The van der Waals surface area contributed by atoms with E-state index in [1.165, 1.54) is 24.3 Å². The molecule has 0 bridgehead atoms. The summed E-state index contributed by atoms with van der Waals surface area (Å²) in [6, 6.07) is 12.3. The number of hydrogen-bond acceptors (Lipinski definition) is 3. The largest absolute Gasteiger partial charge is 0.416 e. The van der Waals surface area contributed by atoms with Crippen LogP contribution in [0.2, 0.25) is 0 Å². The molecular formula is C22H11F5N4O. The molecule has 10 heteroatoms. The Morgan fingerprint density at radius 1 is 0.875 bits per heavy atom. The third-order valence-electron chi connectivity index (χ3n) is 5.01. The average molecular weight is 442 g/mol. The van der Waals surface area contributed by atoms with Crippen LogP contribution in [0.15, 0.2) is 65.5 Å². The first kappa shape index (κ1) is 19.9. The first-order chi connectivity index (χ1) is 15.2. The third kappa shape index (κ3) is 3.29. The summed E-state index contributed by atoms with van der Waals surface area (Å²) in [4.78, 5) is 19.9. The number of aromatic nitrogens is 4. The lowest BCUT2D eigenvalue weighted by Crippen LogP contribution is -2.15. The molecule has 1 N–H and O–H groups in total. The first-order valence-electron chi connectivity index (χ1n) is 9.26. The zero-order valence-electron chi connectivity index (χ0n) is 15.9. The van der Waals surface area contributed by atoms with E-state index in [-0.39, 0.29) is 22.6 Å². The maximum atomic E-state index is 14.1. The SMILES string of the molecule is O=c1c2ccc(-c3ccc(C(F)(F)F)cc3)cc2[nH]c2nc(-c3ccc(F)cc3F)nn12. The van der Waals surface area contributed by atoms with Crippen LogP contribution in [0.4, 0.5) is 22.0 Å². The minimum atomic E-state index is -4.44. The number of hydrogen-bond donors (Lipinski definition) is 1. The molecule has 0 aliphatic carbocycles. The van der Waals surface area contributed by atoms with Crippen LogP contribution in [-0.4, -0.2) is 19.6 Å². The Balaban J connectivity index is 1.62. The van der Waals surface area contributed by atoms with Crippen molar-refractivity contribution >= 4 is 16.7 Å². The summed E-state index contributed by atoms with van der Waals surface area (Å²) >= 11 is 0. The maximum absolute atomic E-state index is 14.1. The summed E-state index contributed by atoms with van der Waals surface area (Å²) in [5.41, 5.74) is 0.123. The van der Waals surface area contributed by atoms with Crippen molar-refractivity contribution in [3.8, 4) is 22.5 Å². The number of benzene rings is 3. The highest BCUT2D eigenvalue weighted by atomic mass is 19.4. The molecule has 5 rings (SSSR count). The van der Waals surface area contributed by atoms with E-state index in [0.717, 1.165) is 22.7 Å². The number of nitrogens with one attached hydrogen (secondary N) is 1. The lowest BCUT2D eigenvalue weighted by atomic mass is 10.0. The van der Waals surface area contributed by atoms with Gasteiger partial charge in [-0.05, 0) is 47.5 Å². The highest BCUT2D eigenvalue weighted by molar-refractivity contribution is 5.84. The first-order valence-corrected chi connectivity index (χ1v) is 9.26. The fourth-order valence-corrected chi connectivity index (χ4v) is 3.42. The van der Waals surface area contributed by atoms with Gasteiger partial charge < -0.3 is 4.98 Å². The fraction of sp³-hybridized carbons (Fsp3) is 0.0455. The van der Waals surface area contributed by atoms with Crippen LogP contribution < -0.4 is 5.56 Å². The van der Waals surface area contributed by atoms with E-state index in [0.29, 0.717) is 22.7 Å². The van der Waals surface area contributed by atoms with Gasteiger partial charge in [-0.1, -0.05) is 18.2 Å². The van der Waals surface area contributed by atoms with Gasteiger partial charge in [0.05, 0.1) is 22.0 Å². The zero-order valence-corrected chi connectivity index (χ0v) is 15.9. The summed E-state index contributed by atoms with van der Waals surface area (Å²) in [6.45, 7) is 0. The molecule has 0 unspecified atom stereocenters. The number of halogens is 5. The van der Waals surface area contributed by atoms with Crippen LogP contribution >= 0.6 is 0 Å². The Morgan fingerprint density at radius 3 is 2.28 bits per heavy atom. The summed E-state index contributed by atoms with van der Waals surface area (Å²) in [5, 5.41) is 4.28. The van der Waals surface area contributed by atoms with Crippen molar-refractivity contribution in [3.63, 3.8) is 0 Å². The quantitative estimate of drug-likeness (QED) is 0.382. The van der Waals surface area contributed by atoms with Gasteiger partial charge in [-0.25, -0.2) is 8.78 Å². The van der Waals surface area contributed by atoms with Gasteiger partial charge in [-0.2, -0.15) is 22.7 Å². The van der Waals surface area contributed by atoms with Crippen LogP contribution in [0.1, 0.15) is 5.56 Å². The van der Waals surface area contributed by atoms with Crippen LogP contribution in [0, 0.1) is 11.6 Å². The highest BCUT2D eigenvalue weighted by Gasteiger charge is 2.30. The lowest BCUT2D eigenvalue weighted by molar-refractivity contribution is -0.137. The number of rotatable bonds is 2. The van der Waals surface area contributed by atoms with Gasteiger partial charge in [0.15, 0.2) is 5.82 Å². The van der Waals surface area contributed by atoms with Crippen LogP contribution in [0.3, 0.4) is 0 Å². The summed E-state index contributed by atoms with van der Waals surface area (Å²) in [5.74, 6) is -1.70. The molecule has 3 aromatic carbocycles. The molecule has 5 aromatic rings. The number of alkyl halides is 3. The molecule has 0 amide bonds. The standard InChI is InChI=1S/C22H11F5N4O/c23-14-6-8-15(17(24)10-14)19-29-21-28-18-9-12(3-7-16(18)20(32)31(21)30-19)11-1-4-13(5-2-11)22(25,26)27/h1-10H,(H,28,29,30). The predicted octanol–water partition coefficient (Wildman–Crippen LogP) is 5.20. The lowest BCUT2D eigenvalue weighted by Gasteiger charge is -2.08. The smallest absolute Gasteiger partial charge is 0.323 e. The molecule has 2 aromatic heterocycles. The van der Waals surface area contributed by atoms with E-state index in [1.807, 2.05) is 0 Å². The van der Waals surface area contributed by atoms with E-state index in [4.69, 9.17) is 0 Å². The second kappa shape index (κ2) is 6.98. The summed E-state index contributed by atoms with van der Waals surface area (Å²) < 4.78 is 66.6. The van der Waals surface area contributed by atoms with Crippen molar-refractivity contribution in [3.05, 3.63) is 88.2 Å². The normalized spacial score (nSPS) is 12.0. The van der Waals surface area contributed by atoms with Gasteiger partial charge >= 0.3 is 6.18 Å². The van der Waals surface area contributed by atoms with Crippen LogP contribution in [0.25, 0.3) is 39.2 Å². The highest BCUT2D eigenvalue weighted by Crippen LogP contribution is 2.31. The van der Waals surface area contributed by atoms with Gasteiger partial charge in [0, 0.05) is 6.07 Å². The van der Waals surface area contributed by atoms with Crippen molar-refractivity contribution in [1.29, 1.82) is 0 Å². The molecule has 0 spiro atoms. The Labute approximate surface area is 175 Å². The molecule has 0 saturated carbocycles. The molecule has 0 saturated heterocycles. The van der Waals surface area contributed by atoms with E-state index in [9.17, 15) is 26.7 Å². The fourth-order valence-electron chi connectivity index (χ4n) is 3.42. The van der Waals surface area contributed by atoms with Crippen molar-refractivity contribution in [2.45, 2.75) is 6.18 Å². The molecule has 0 fully saturated rings. The van der Waals surface area contributed by atoms with Gasteiger partial charge in [0.25, 0.3) is 5.56 Å². The van der Waals surface area contributed by atoms with Gasteiger partial charge in [-0.3, -0.25) is 4.79 Å². The third-order valence-corrected chi connectivity index (χ3v) is 5.01. The van der Waals surface area contributed by atoms with E-state index < -0.39 is 28.9 Å². The molecule has 160 valence electrons. The van der Waals surface area contributed by atoms with Gasteiger partial charge in [0.1, 0.15) is 11.6 Å². The molecule has 0 aliphatic rings. The van der Waals surface area contributed by atoms with Crippen molar-refractivity contribution in [1.82, 2.24) is 19.6 Å². The Morgan fingerprint density at radius 2 is 1.59 bits per heavy atom. The van der Waals surface area contributed by atoms with Gasteiger partial charge in [0.2, 0.25) is 5.78 Å². The molecule has 0 radical (unpaired) electrons. The maximum Gasteiger partial charge on any atom is 0.416 e. The van der Waals surface area contributed by atoms with E-state index >= 15 is 0 Å². The summed E-state index contributed by atoms with van der Waals surface area (Å²) in [7, 11) is 0. The second-order valence-electron chi connectivity index (χ2n) is 7.06. The number of nitrogens with zero attached hydrogens (tertiary/aromatic N) is 3. The second-order valence-corrected chi connectivity index (χ2v) is 7.06. The molecule has 0 aliphatic heterocycles. The minimum Gasteiger partial charge on any atom is -0.323 e. The minimum absolute atomic E-state index is 0.0331. The Hall–Kier alpha value is -4.08. The molecular weight excluding hydrogens is 431 g/mol. The van der Waals surface area contributed by atoms with Gasteiger partial charge in [-0.15, -0.1) is 5.10 Å². The Bertz CT molecular complexity index is 1550. The van der Waals surface area contributed by atoms with Crippen molar-refractivity contribution in [2.75, 3.05) is 0 Å². The zero-order chi connectivity index (χ0) is 22.6. The van der Waals surface area contributed by atoms with Crippen molar-refractivity contribution in [2.24, 2.45) is 0 Å².